The van der Waals surface area contributed by atoms with Gasteiger partial charge in [0.15, 0.2) is 6.10 Å². The Hall–Kier alpha value is -2.54. The molecule has 0 aliphatic rings. The van der Waals surface area contributed by atoms with Gasteiger partial charge in [0.2, 0.25) is 0 Å². The predicted octanol–water partition coefficient (Wildman–Crippen LogP) is 2.64. The standard InChI is InChI=1S/C16H18ClN3O4/c1-9-15(10(2)20(19-9)8-14(21)22)18-16(23)11(3)24-13-6-4-5-12(17)7-13/h4-7,11H,8H2,1-3H3,(H,18,23)(H,21,22). The first-order valence-corrected chi connectivity index (χ1v) is 7.64. The molecular weight excluding hydrogens is 334 g/mol. The van der Waals surface area contributed by atoms with Crippen molar-refractivity contribution in [2.75, 3.05) is 5.32 Å². The van der Waals surface area contributed by atoms with Crippen LogP contribution in [0.3, 0.4) is 0 Å². The second-order valence-corrected chi connectivity index (χ2v) is 5.74. The lowest BCUT2D eigenvalue weighted by Gasteiger charge is -2.15. The number of carboxylic acids is 1. The minimum atomic E-state index is -1.00. The Morgan fingerprint density at radius 1 is 1.42 bits per heavy atom. The van der Waals surface area contributed by atoms with Gasteiger partial charge in [0.05, 0.1) is 17.1 Å². The molecule has 7 nitrogen and oxygen atoms in total. The molecule has 2 N–H and O–H groups in total. The highest BCUT2D eigenvalue weighted by Crippen LogP contribution is 2.21. The van der Waals surface area contributed by atoms with Crippen molar-refractivity contribution in [2.24, 2.45) is 0 Å². The highest BCUT2D eigenvalue weighted by Gasteiger charge is 2.20. The lowest BCUT2D eigenvalue weighted by molar-refractivity contribution is -0.137. The van der Waals surface area contributed by atoms with Gasteiger partial charge in [-0.05, 0) is 39.0 Å². The Bertz CT molecular complexity index is 773. The molecule has 2 aromatic rings. The predicted molar refractivity (Wildman–Crippen MR) is 89.5 cm³/mol. The van der Waals surface area contributed by atoms with E-state index in [1.165, 1.54) is 4.68 Å². The molecule has 1 atom stereocenters. The molecule has 0 saturated carbocycles. The molecule has 1 aromatic heterocycles. The number of aliphatic carboxylic acids is 1. The third-order valence-electron chi connectivity index (χ3n) is 3.39. The summed E-state index contributed by atoms with van der Waals surface area (Å²) in [5.41, 5.74) is 1.60. The van der Waals surface area contributed by atoms with E-state index in [-0.39, 0.29) is 12.5 Å². The highest BCUT2D eigenvalue weighted by molar-refractivity contribution is 6.30. The van der Waals surface area contributed by atoms with Crippen molar-refractivity contribution >= 4 is 29.2 Å². The minimum Gasteiger partial charge on any atom is -0.481 e. The number of halogens is 1. The number of nitrogens with one attached hydrogen (secondary N) is 1. The molecule has 8 heteroatoms. The molecule has 0 saturated heterocycles. The lowest BCUT2D eigenvalue weighted by atomic mass is 10.2. The number of carboxylic acid groups (broad SMARTS) is 1. The van der Waals surface area contributed by atoms with Crippen LogP contribution in [-0.2, 0) is 16.1 Å². The molecule has 1 aromatic carbocycles. The van der Waals surface area contributed by atoms with Gasteiger partial charge in [-0.1, -0.05) is 17.7 Å². The van der Waals surface area contributed by atoms with Gasteiger partial charge in [0.1, 0.15) is 12.3 Å². The Kier molecular flexibility index (Phi) is 5.46. The largest absolute Gasteiger partial charge is 0.481 e. The quantitative estimate of drug-likeness (QED) is 0.834. The fraction of sp³-hybridized carbons (Fsp3) is 0.312. The Morgan fingerprint density at radius 3 is 2.75 bits per heavy atom. The second-order valence-electron chi connectivity index (χ2n) is 5.30. The van der Waals surface area contributed by atoms with Crippen molar-refractivity contribution in [1.29, 1.82) is 0 Å². The average Bonchev–Trinajstić information content (AvgIpc) is 2.74. The van der Waals surface area contributed by atoms with Crippen molar-refractivity contribution in [2.45, 2.75) is 33.4 Å². The molecular formula is C16H18ClN3O4. The van der Waals surface area contributed by atoms with Gasteiger partial charge in [0.25, 0.3) is 5.91 Å². The van der Waals surface area contributed by atoms with Crippen LogP contribution in [-0.4, -0.2) is 32.9 Å². The van der Waals surface area contributed by atoms with Crippen LogP contribution in [0.15, 0.2) is 24.3 Å². The summed E-state index contributed by atoms with van der Waals surface area (Å²) in [6, 6.07) is 6.76. The first kappa shape index (κ1) is 17.8. The molecule has 24 heavy (non-hydrogen) atoms. The van der Waals surface area contributed by atoms with Crippen LogP contribution in [0.4, 0.5) is 5.69 Å². The van der Waals surface area contributed by atoms with E-state index < -0.39 is 12.1 Å². The van der Waals surface area contributed by atoms with Gasteiger partial charge in [-0.25, -0.2) is 0 Å². The van der Waals surface area contributed by atoms with E-state index >= 15 is 0 Å². The lowest BCUT2D eigenvalue weighted by Crippen LogP contribution is -2.30. The van der Waals surface area contributed by atoms with E-state index in [4.69, 9.17) is 21.4 Å². The number of amides is 1. The maximum atomic E-state index is 12.3. The molecule has 0 fully saturated rings. The van der Waals surface area contributed by atoms with Crippen molar-refractivity contribution in [3.05, 3.63) is 40.7 Å². The van der Waals surface area contributed by atoms with Crippen LogP contribution in [0.5, 0.6) is 5.75 Å². The fourth-order valence-corrected chi connectivity index (χ4v) is 2.36. The SMILES string of the molecule is Cc1nn(CC(=O)O)c(C)c1NC(=O)C(C)Oc1cccc(Cl)c1. The number of ether oxygens (including phenoxy) is 1. The number of anilines is 1. The number of carbonyl (C=O) groups excluding carboxylic acids is 1. The van der Waals surface area contributed by atoms with Gasteiger partial charge in [0, 0.05) is 5.02 Å². The summed E-state index contributed by atoms with van der Waals surface area (Å²) < 4.78 is 6.89. The number of nitrogens with zero attached hydrogens (tertiary/aromatic N) is 2. The maximum Gasteiger partial charge on any atom is 0.325 e. The summed E-state index contributed by atoms with van der Waals surface area (Å²) in [7, 11) is 0. The molecule has 0 radical (unpaired) electrons. The molecule has 0 aliphatic heterocycles. The van der Waals surface area contributed by atoms with Crippen molar-refractivity contribution in [1.82, 2.24) is 9.78 Å². The highest BCUT2D eigenvalue weighted by atomic mass is 35.5. The number of hydrogen-bond donors (Lipinski definition) is 2. The summed E-state index contributed by atoms with van der Waals surface area (Å²) in [6.45, 7) is 4.74. The van der Waals surface area contributed by atoms with E-state index in [0.29, 0.717) is 27.8 Å². The number of benzene rings is 1. The second kappa shape index (κ2) is 7.35. The average molecular weight is 352 g/mol. The van der Waals surface area contributed by atoms with E-state index in [1.807, 2.05) is 0 Å². The molecule has 0 bridgehead atoms. The summed E-state index contributed by atoms with van der Waals surface area (Å²) in [5, 5.41) is 16.2. The number of carbonyl (C=O) groups is 2. The van der Waals surface area contributed by atoms with E-state index in [9.17, 15) is 9.59 Å². The minimum absolute atomic E-state index is 0.267. The summed E-state index contributed by atoms with van der Waals surface area (Å²) in [6.07, 6.45) is -0.759. The zero-order valence-corrected chi connectivity index (χ0v) is 14.3. The number of aromatic nitrogens is 2. The topological polar surface area (TPSA) is 93.5 Å². The van der Waals surface area contributed by atoms with Crippen molar-refractivity contribution in [3.8, 4) is 5.75 Å². The molecule has 128 valence electrons. The first-order valence-electron chi connectivity index (χ1n) is 7.27. The van der Waals surface area contributed by atoms with Crippen LogP contribution in [0.2, 0.25) is 5.02 Å². The molecule has 1 unspecified atom stereocenters. The molecule has 2 rings (SSSR count). The molecule has 1 heterocycles. The Labute approximate surface area is 144 Å². The van der Waals surface area contributed by atoms with Crippen LogP contribution in [0, 0.1) is 13.8 Å². The number of aryl methyl sites for hydroxylation is 1. The monoisotopic (exact) mass is 351 g/mol. The van der Waals surface area contributed by atoms with Gasteiger partial charge in [-0.3, -0.25) is 14.3 Å². The Balaban J connectivity index is 2.09. The van der Waals surface area contributed by atoms with Gasteiger partial charge >= 0.3 is 5.97 Å². The zero-order chi connectivity index (χ0) is 17.9. The third-order valence-corrected chi connectivity index (χ3v) is 3.63. The fourth-order valence-electron chi connectivity index (χ4n) is 2.18. The summed E-state index contributed by atoms with van der Waals surface area (Å²) >= 11 is 5.88. The van der Waals surface area contributed by atoms with Crippen molar-refractivity contribution in [3.63, 3.8) is 0 Å². The first-order chi connectivity index (χ1) is 11.3. The van der Waals surface area contributed by atoms with Crippen LogP contribution in [0.1, 0.15) is 18.3 Å². The number of hydrogen-bond acceptors (Lipinski definition) is 4. The maximum absolute atomic E-state index is 12.3. The smallest absolute Gasteiger partial charge is 0.325 e. The summed E-state index contributed by atoms with van der Waals surface area (Å²) in [4.78, 5) is 23.1. The van der Waals surface area contributed by atoms with Crippen LogP contribution < -0.4 is 10.1 Å². The van der Waals surface area contributed by atoms with Gasteiger partial charge in [-0.2, -0.15) is 5.10 Å². The third kappa shape index (κ3) is 4.26. The van der Waals surface area contributed by atoms with E-state index in [2.05, 4.69) is 10.4 Å². The van der Waals surface area contributed by atoms with Crippen molar-refractivity contribution < 1.29 is 19.4 Å². The molecule has 0 aliphatic carbocycles. The van der Waals surface area contributed by atoms with Crippen LogP contribution >= 0.6 is 11.6 Å². The summed E-state index contributed by atoms with van der Waals surface area (Å²) in [5.74, 6) is -0.882. The van der Waals surface area contributed by atoms with E-state index in [1.54, 1.807) is 45.0 Å². The normalized spacial score (nSPS) is 11.8. The Morgan fingerprint density at radius 2 is 2.12 bits per heavy atom. The molecule has 0 spiro atoms. The van der Waals surface area contributed by atoms with Crippen LogP contribution in [0.25, 0.3) is 0 Å². The van der Waals surface area contributed by atoms with Gasteiger partial charge in [-0.15, -0.1) is 0 Å². The van der Waals surface area contributed by atoms with E-state index in [0.717, 1.165) is 0 Å². The number of rotatable bonds is 6. The molecule has 1 amide bonds. The zero-order valence-electron chi connectivity index (χ0n) is 13.5. The van der Waals surface area contributed by atoms with Gasteiger partial charge < -0.3 is 15.2 Å².